The van der Waals surface area contributed by atoms with Crippen LogP contribution in [0.5, 0.6) is 0 Å². The topological polar surface area (TPSA) is 78.0 Å². The van der Waals surface area contributed by atoms with Crippen LogP contribution in [0.25, 0.3) is 10.9 Å². The molecule has 0 saturated heterocycles. The molecule has 2 aromatic carbocycles. The maximum absolute atomic E-state index is 13.0. The fourth-order valence-electron chi connectivity index (χ4n) is 3.12. The molecule has 0 saturated carbocycles. The van der Waals surface area contributed by atoms with E-state index in [4.69, 9.17) is 10.7 Å². The van der Waals surface area contributed by atoms with E-state index in [1.807, 2.05) is 36.4 Å². The maximum atomic E-state index is 13.0. The van der Waals surface area contributed by atoms with Crippen molar-refractivity contribution in [3.8, 4) is 0 Å². The number of primary amides is 1. The summed E-state index contributed by atoms with van der Waals surface area (Å²) in [5.41, 5.74) is 8.39. The summed E-state index contributed by atoms with van der Waals surface area (Å²) in [6, 6.07) is 15.7. The first-order valence-electron chi connectivity index (χ1n) is 9.51. The number of amides is 1. The van der Waals surface area contributed by atoms with Gasteiger partial charge in [0, 0.05) is 18.7 Å². The van der Waals surface area contributed by atoms with Gasteiger partial charge in [0.15, 0.2) is 5.16 Å². The van der Waals surface area contributed by atoms with E-state index < -0.39 is 0 Å². The van der Waals surface area contributed by atoms with E-state index in [2.05, 4.69) is 19.1 Å². The van der Waals surface area contributed by atoms with Gasteiger partial charge in [0.05, 0.1) is 10.9 Å². The number of para-hydroxylation sites is 1. The normalized spacial score (nSPS) is 11.0. The third-order valence-corrected chi connectivity index (χ3v) is 5.77. The molecule has 1 heterocycles. The lowest BCUT2D eigenvalue weighted by molar-refractivity contribution is -0.118. The molecule has 3 rings (SSSR count). The number of aromatic nitrogens is 2. The Morgan fingerprint density at radius 3 is 2.61 bits per heavy atom. The number of unbranched alkanes of at least 4 members (excludes halogenated alkanes) is 2. The Morgan fingerprint density at radius 2 is 1.82 bits per heavy atom. The molecule has 0 spiro atoms. The van der Waals surface area contributed by atoms with E-state index in [9.17, 15) is 9.59 Å². The number of fused-ring (bicyclic) bond motifs is 1. The van der Waals surface area contributed by atoms with E-state index in [0.717, 1.165) is 35.7 Å². The standard InChI is InChI=1S/C22H25N3O2S/c1-16-9-4-5-10-17(16)15-28-22-24-19-12-7-6-11-18(19)21(27)25(22)14-8-2-3-13-20(23)26/h4-7,9-12H,2-3,8,13-15H2,1H3,(H2,23,26). The molecule has 6 heteroatoms. The number of hydrogen-bond acceptors (Lipinski definition) is 4. The number of carbonyl (C=O) groups excluding carboxylic acids is 1. The van der Waals surface area contributed by atoms with Gasteiger partial charge >= 0.3 is 0 Å². The molecule has 2 N–H and O–H groups in total. The van der Waals surface area contributed by atoms with Crippen LogP contribution in [0.2, 0.25) is 0 Å². The Labute approximate surface area is 169 Å². The van der Waals surface area contributed by atoms with Crippen molar-refractivity contribution in [1.29, 1.82) is 0 Å². The van der Waals surface area contributed by atoms with Crippen LogP contribution in [0.15, 0.2) is 58.5 Å². The van der Waals surface area contributed by atoms with Crippen LogP contribution in [0.4, 0.5) is 0 Å². The van der Waals surface area contributed by atoms with Crippen LogP contribution in [0.3, 0.4) is 0 Å². The number of benzene rings is 2. The zero-order valence-corrected chi connectivity index (χ0v) is 16.9. The second kappa shape index (κ2) is 9.55. The summed E-state index contributed by atoms with van der Waals surface area (Å²) in [6.07, 6.45) is 2.80. The number of nitrogens with zero attached hydrogens (tertiary/aromatic N) is 2. The predicted octanol–water partition coefficient (Wildman–Crippen LogP) is 4.04. The van der Waals surface area contributed by atoms with E-state index >= 15 is 0 Å². The third-order valence-electron chi connectivity index (χ3n) is 4.75. The van der Waals surface area contributed by atoms with Crippen molar-refractivity contribution in [1.82, 2.24) is 9.55 Å². The van der Waals surface area contributed by atoms with Gasteiger partial charge in [-0.1, -0.05) is 54.6 Å². The zero-order valence-electron chi connectivity index (χ0n) is 16.1. The zero-order chi connectivity index (χ0) is 19.9. The monoisotopic (exact) mass is 395 g/mol. The van der Waals surface area contributed by atoms with E-state index in [-0.39, 0.29) is 11.5 Å². The quantitative estimate of drug-likeness (QED) is 0.337. The Balaban J connectivity index is 1.83. The van der Waals surface area contributed by atoms with Crippen molar-refractivity contribution in [2.75, 3.05) is 0 Å². The fourth-order valence-corrected chi connectivity index (χ4v) is 4.22. The highest BCUT2D eigenvalue weighted by Crippen LogP contribution is 2.24. The minimum atomic E-state index is -0.279. The second-order valence-electron chi connectivity index (χ2n) is 6.86. The molecule has 28 heavy (non-hydrogen) atoms. The van der Waals surface area contributed by atoms with Crippen LogP contribution >= 0.6 is 11.8 Å². The predicted molar refractivity (Wildman–Crippen MR) is 114 cm³/mol. The number of rotatable bonds is 9. The molecule has 0 aliphatic rings. The summed E-state index contributed by atoms with van der Waals surface area (Å²) < 4.78 is 1.77. The van der Waals surface area contributed by atoms with Gasteiger partial charge in [0.1, 0.15) is 0 Å². The molecule has 5 nitrogen and oxygen atoms in total. The first-order valence-corrected chi connectivity index (χ1v) is 10.5. The molecule has 3 aromatic rings. The molecule has 1 aromatic heterocycles. The smallest absolute Gasteiger partial charge is 0.262 e. The molecule has 146 valence electrons. The molecule has 0 unspecified atom stereocenters. The van der Waals surface area contributed by atoms with Gasteiger partial charge in [-0.2, -0.15) is 0 Å². The molecular weight excluding hydrogens is 370 g/mol. The highest BCUT2D eigenvalue weighted by Gasteiger charge is 2.12. The summed E-state index contributed by atoms with van der Waals surface area (Å²) in [7, 11) is 0. The first kappa shape index (κ1) is 20.1. The lowest BCUT2D eigenvalue weighted by atomic mass is 10.1. The lowest BCUT2D eigenvalue weighted by Crippen LogP contribution is -2.23. The van der Waals surface area contributed by atoms with Crippen molar-refractivity contribution in [2.45, 2.75) is 50.1 Å². The number of aryl methyl sites for hydroxylation is 1. The number of thioether (sulfide) groups is 1. The van der Waals surface area contributed by atoms with E-state index in [0.29, 0.717) is 18.4 Å². The summed E-state index contributed by atoms with van der Waals surface area (Å²) >= 11 is 1.59. The van der Waals surface area contributed by atoms with Gasteiger partial charge in [0.25, 0.3) is 5.56 Å². The van der Waals surface area contributed by atoms with Crippen molar-refractivity contribution in [3.63, 3.8) is 0 Å². The molecule has 1 amide bonds. The van der Waals surface area contributed by atoms with Crippen molar-refractivity contribution in [3.05, 3.63) is 70.0 Å². The van der Waals surface area contributed by atoms with Crippen molar-refractivity contribution in [2.24, 2.45) is 5.73 Å². The average molecular weight is 396 g/mol. The Hall–Kier alpha value is -2.60. The lowest BCUT2D eigenvalue weighted by Gasteiger charge is -2.13. The largest absolute Gasteiger partial charge is 0.370 e. The van der Waals surface area contributed by atoms with Gasteiger partial charge < -0.3 is 5.73 Å². The summed E-state index contributed by atoms with van der Waals surface area (Å²) in [4.78, 5) is 28.7. The maximum Gasteiger partial charge on any atom is 0.262 e. The second-order valence-corrected chi connectivity index (χ2v) is 7.80. The highest BCUT2D eigenvalue weighted by molar-refractivity contribution is 7.98. The molecule has 0 radical (unpaired) electrons. The SMILES string of the molecule is Cc1ccccc1CSc1nc2ccccc2c(=O)n1CCCCCC(N)=O. The van der Waals surface area contributed by atoms with Gasteiger partial charge in [0.2, 0.25) is 5.91 Å². The highest BCUT2D eigenvalue weighted by atomic mass is 32.2. The van der Waals surface area contributed by atoms with Gasteiger partial charge in [-0.15, -0.1) is 0 Å². The molecule has 0 bridgehead atoms. The Morgan fingerprint density at radius 1 is 1.07 bits per heavy atom. The number of hydrogen-bond donors (Lipinski definition) is 1. The van der Waals surface area contributed by atoms with Crippen molar-refractivity contribution >= 4 is 28.6 Å². The summed E-state index contributed by atoms with van der Waals surface area (Å²) in [5, 5.41) is 1.38. The molecule has 0 fully saturated rings. The van der Waals surface area contributed by atoms with E-state index in [1.54, 1.807) is 16.3 Å². The van der Waals surface area contributed by atoms with Crippen LogP contribution in [-0.2, 0) is 17.1 Å². The fraction of sp³-hybridized carbons (Fsp3) is 0.318. The minimum Gasteiger partial charge on any atom is -0.370 e. The Kier molecular flexibility index (Phi) is 6.87. The average Bonchev–Trinajstić information content (AvgIpc) is 2.68. The molecule has 0 atom stereocenters. The molecule has 0 aliphatic heterocycles. The van der Waals surface area contributed by atoms with Gasteiger partial charge in [-0.25, -0.2) is 4.98 Å². The Bertz CT molecular complexity index is 1030. The van der Waals surface area contributed by atoms with Crippen LogP contribution in [0, 0.1) is 6.92 Å². The van der Waals surface area contributed by atoms with Crippen LogP contribution in [-0.4, -0.2) is 15.5 Å². The molecular formula is C22H25N3O2S. The third kappa shape index (κ3) is 5.01. The van der Waals surface area contributed by atoms with Crippen LogP contribution < -0.4 is 11.3 Å². The molecule has 0 aliphatic carbocycles. The van der Waals surface area contributed by atoms with Gasteiger partial charge in [-0.05, 0) is 43.0 Å². The number of carbonyl (C=O) groups is 1. The van der Waals surface area contributed by atoms with Gasteiger partial charge in [-0.3, -0.25) is 14.2 Å². The van der Waals surface area contributed by atoms with E-state index in [1.165, 1.54) is 11.1 Å². The minimum absolute atomic E-state index is 0.00668. The summed E-state index contributed by atoms with van der Waals surface area (Å²) in [5.74, 6) is 0.484. The summed E-state index contributed by atoms with van der Waals surface area (Å²) in [6.45, 7) is 2.68. The number of nitrogens with two attached hydrogens (primary N) is 1. The van der Waals surface area contributed by atoms with Crippen molar-refractivity contribution < 1.29 is 4.79 Å². The van der Waals surface area contributed by atoms with Crippen LogP contribution in [0.1, 0.15) is 36.8 Å². The first-order chi connectivity index (χ1) is 13.6.